The van der Waals surface area contributed by atoms with Crippen LogP contribution in [0.15, 0.2) is 36.4 Å². The van der Waals surface area contributed by atoms with Gasteiger partial charge >= 0.3 is 0 Å². The first-order chi connectivity index (χ1) is 10.2. The van der Waals surface area contributed by atoms with E-state index in [4.69, 9.17) is 26.3 Å². The number of methoxy groups -OCH3 is 1. The summed E-state index contributed by atoms with van der Waals surface area (Å²) in [5.74, 6) is 1.24. The van der Waals surface area contributed by atoms with Gasteiger partial charge in [0.05, 0.1) is 18.7 Å². The second-order valence-corrected chi connectivity index (χ2v) is 5.33. The third-order valence-electron chi connectivity index (χ3n) is 2.90. The fraction of sp³-hybridized carbons (Fsp3) is 0.188. The maximum atomic E-state index is 8.91. The van der Waals surface area contributed by atoms with Crippen LogP contribution in [0.1, 0.15) is 16.7 Å². The second kappa shape index (κ2) is 7.35. The molecule has 0 saturated heterocycles. The van der Waals surface area contributed by atoms with Crippen LogP contribution in [-0.2, 0) is 11.9 Å². The number of nitrogens with zero attached hydrogens (tertiary/aromatic N) is 1. The van der Waals surface area contributed by atoms with E-state index in [0.29, 0.717) is 34.0 Å². The molecule has 0 saturated carbocycles. The molecule has 0 radical (unpaired) electrons. The molecule has 0 heterocycles. The van der Waals surface area contributed by atoms with Crippen LogP contribution in [0.25, 0.3) is 0 Å². The van der Waals surface area contributed by atoms with Gasteiger partial charge in [0.15, 0.2) is 11.5 Å². The Balaban J connectivity index is 2.25. The molecule has 0 aromatic heterocycles. The van der Waals surface area contributed by atoms with Crippen molar-refractivity contribution in [2.24, 2.45) is 0 Å². The second-order valence-electron chi connectivity index (χ2n) is 4.33. The van der Waals surface area contributed by atoms with Gasteiger partial charge in [-0.25, -0.2) is 0 Å². The number of hydrogen-bond donors (Lipinski definition) is 0. The third kappa shape index (κ3) is 3.90. The van der Waals surface area contributed by atoms with Crippen molar-refractivity contribution in [3.05, 3.63) is 58.1 Å². The Bertz CT molecular complexity index is 657. The molecule has 0 aliphatic carbocycles. The van der Waals surface area contributed by atoms with Crippen molar-refractivity contribution in [2.45, 2.75) is 11.9 Å². The quantitative estimate of drug-likeness (QED) is 0.721. The summed E-state index contributed by atoms with van der Waals surface area (Å²) in [7, 11) is 1.58. The molecule has 2 aromatic rings. The van der Waals surface area contributed by atoms with Gasteiger partial charge in [0, 0.05) is 22.0 Å². The molecule has 0 fully saturated rings. The maximum Gasteiger partial charge on any atom is 0.165 e. The van der Waals surface area contributed by atoms with E-state index < -0.39 is 0 Å². The number of alkyl halides is 1. The average Bonchev–Trinajstić information content (AvgIpc) is 2.52. The van der Waals surface area contributed by atoms with Crippen LogP contribution >= 0.6 is 27.5 Å². The molecule has 2 aromatic carbocycles. The van der Waals surface area contributed by atoms with E-state index in [9.17, 15) is 0 Å². The molecular formula is C16H13BrClNO2. The molecule has 0 amide bonds. The summed E-state index contributed by atoms with van der Waals surface area (Å²) in [5.41, 5.74) is 2.45. The molecule has 0 aliphatic heterocycles. The number of halogens is 2. The first kappa shape index (κ1) is 15.7. The lowest BCUT2D eigenvalue weighted by Crippen LogP contribution is -2.01. The third-order valence-corrected chi connectivity index (χ3v) is 3.72. The molecular weight excluding hydrogens is 354 g/mol. The summed E-state index contributed by atoms with van der Waals surface area (Å²) in [5, 5.41) is 10.1. The van der Waals surface area contributed by atoms with Crippen molar-refractivity contribution in [2.75, 3.05) is 7.11 Å². The molecule has 21 heavy (non-hydrogen) atoms. The number of ether oxygens (including phenoxy) is 2. The van der Waals surface area contributed by atoms with Crippen molar-refractivity contribution < 1.29 is 9.47 Å². The highest BCUT2D eigenvalue weighted by Crippen LogP contribution is 2.36. The molecule has 0 bridgehead atoms. The maximum absolute atomic E-state index is 8.91. The highest BCUT2D eigenvalue weighted by molar-refractivity contribution is 9.08. The van der Waals surface area contributed by atoms with Crippen molar-refractivity contribution in [3.63, 3.8) is 0 Å². The largest absolute Gasteiger partial charge is 0.493 e. The van der Waals surface area contributed by atoms with E-state index in [1.807, 2.05) is 18.2 Å². The van der Waals surface area contributed by atoms with Crippen LogP contribution < -0.4 is 9.47 Å². The molecule has 0 spiro atoms. The minimum Gasteiger partial charge on any atom is -0.493 e. The zero-order valence-corrected chi connectivity index (χ0v) is 13.7. The van der Waals surface area contributed by atoms with Crippen LogP contribution in [0.3, 0.4) is 0 Å². The van der Waals surface area contributed by atoms with Crippen LogP contribution in [-0.4, -0.2) is 7.11 Å². The smallest absolute Gasteiger partial charge is 0.165 e. The van der Waals surface area contributed by atoms with Gasteiger partial charge in [0.2, 0.25) is 0 Å². The first-order valence-corrected chi connectivity index (χ1v) is 7.72. The zero-order valence-electron chi connectivity index (χ0n) is 11.4. The van der Waals surface area contributed by atoms with Gasteiger partial charge in [-0.3, -0.25) is 0 Å². The van der Waals surface area contributed by atoms with Crippen molar-refractivity contribution in [1.82, 2.24) is 0 Å². The van der Waals surface area contributed by atoms with Gasteiger partial charge in [0.1, 0.15) is 6.61 Å². The molecule has 5 heteroatoms. The van der Waals surface area contributed by atoms with Crippen LogP contribution in [0, 0.1) is 11.3 Å². The standard InChI is InChI=1S/C16H13BrClNO2/c1-20-15-7-14(18)6-13(8-17)16(15)21-10-12-4-2-3-11(5-12)9-19/h2-7H,8,10H2,1H3. The number of rotatable bonds is 5. The Morgan fingerprint density at radius 1 is 1.29 bits per heavy atom. The Kier molecular flexibility index (Phi) is 5.49. The Hall–Kier alpha value is -1.70. The minimum atomic E-state index is 0.355. The number of benzene rings is 2. The lowest BCUT2D eigenvalue weighted by Gasteiger charge is -2.15. The summed E-state index contributed by atoms with van der Waals surface area (Å²) in [6.07, 6.45) is 0. The fourth-order valence-electron chi connectivity index (χ4n) is 1.92. The van der Waals surface area contributed by atoms with Crippen molar-refractivity contribution in [1.29, 1.82) is 5.26 Å². The van der Waals surface area contributed by atoms with E-state index in [-0.39, 0.29) is 0 Å². The molecule has 0 aliphatic rings. The van der Waals surface area contributed by atoms with Crippen LogP contribution in [0.5, 0.6) is 11.5 Å². The molecule has 2 rings (SSSR count). The van der Waals surface area contributed by atoms with Gasteiger partial charge in [0.25, 0.3) is 0 Å². The van der Waals surface area contributed by atoms with Crippen molar-refractivity contribution in [3.8, 4) is 17.6 Å². The topological polar surface area (TPSA) is 42.2 Å². The lowest BCUT2D eigenvalue weighted by molar-refractivity contribution is 0.282. The van der Waals surface area contributed by atoms with Crippen molar-refractivity contribution >= 4 is 27.5 Å². The van der Waals surface area contributed by atoms with E-state index >= 15 is 0 Å². The Morgan fingerprint density at radius 2 is 2.10 bits per heavy atom. The first-order valence-electron chi connectivity index (χ1n) is 6.22. The molecule has 0 N–H and O–H groups in total. The van der Waals surface area contributed by atoms with Gasteiger partial charge in [-0.05, 0) is 23.8 Å². The number of nitriles is 1. The molecule has 108 valence electrons. The van der Waals surface area contributed by atoms with Gasteiger partial charge in [-0.15, -0.1) is 0 Å². The summed E-state index contributed by atoms with van der Waals surface area (Å²) >= 11 is 9.46. The average molecular weight is 367 g/mol. The Labute approximate surface area is 137 Å². The highest BCUT2D eigenvalue weighted by Gasteiger charge is 2.12. The highest BCUT2D eigenvalue weighted by atomic mass is 79.9. The predicted molar refractivity (Wildman–Crippen MR) is 86.1 cm³/mol. The molecule has 0 atom stereocenters. The summed E-state index contributed by atoms with van der Waals surface area (Å²) in [4.78, 5) is 0. The normalized spacial score (nSPS) is 10.0. The molecule has 3 nitrogen and oxygen atoms in total. The van der Waals surface area contributed by atoms with E-state index in [1.165, 1.54) is 0 Å². The summed E-state index contributed by atoms with van der Waals surface area (Å²) in [6.45, 7) is 0.355. The fourth-order valence-corrected chi connectivity index (χ4v) is 2.57. The van der Waals surface area contributed by atoms with Crippen LogP contribution in [0.2, 0.25) is 5.02 Å². The number of hydrogen-bond acceptors (Lipinski definition) is 3. The zero-order chi connectivity index (χ0) is 15.2. The SMILES string of the molecule is COc1cc(Cl)cc(CBr)c1OCc1cccc(C#N)c1. The summed E-state index contributed by atoms with van der Waals surface area (Å²) < 4.78 is 11.2. The predicted octanol–water partition coefficient (Wildman–Crippen LogP) is 4.69. The lowest BCUT2D eigenvalue weighted by atomic mass is 10.1. The minimum absolute atomic E-state index is 0.355. The van der Waals surface area contributed by atoms with Crippen LogP contribution in [0.4, 0.5) is 0 Å². The summed E-state index contributed by atoms with van der Waals surface area (Å²) in [6, 6.07) is 13.0. The van der Waals surface area contributed by atoms with E-state index in [2.05, 4.69) is 22.0 Å². The Morgan fingerprint density at radius 3 is 2.76 bits per heavy atom. The van der Waals surface area contributed by atoms with E-state index in [1.54, 1.807) is 25.3 Å². The monoisotopic (exact) mass is 365 g/mol. The van der Waals surface area contributed by atoms with Gasteiger partial charge < -0.3 is 9.47 Å². The van der Waals surface area contributed by atoms with Gasteiger partial charge in [-0.1, -0.05) is 39.7 Å². The van der Waals surface area contributed by atoms with Gasteiger partial charge in [-0.2, -0.15) is 5.26 Å². The molecule has 0 unspecified atom stereocenters. The van der Waals surface area contributed by atoms with E-state index in [0.717, 1.165) is 11.1 Å².